The highest BCUT2D eigenvalue weighted by Gasteiger charge is 2.25. The van der Waals surface area contributed by atoms with Crippen molar-refractivity contribution in [3.8, 4) is 11.5 Å². The summed E-state index contributed by atoms with van der Waals surface area (Å²) in [7, 11) is 0. The molecule has 0 unspecified atom stereocenters. The van der Waals surface area contributed by atoms with Crippen LogP contribution in [0.3, 0.4) is 0 Å². The van der Waals surface area contributed by atoms with Crippen molar-refractivity contribution in [1.29, 1.82) is 0 Å². The molecule has 4 rings (SSSR count). The molecule has 0 aliphatic carbocycles. The van der Waals surface area contributed by atoms with E-state index in [0.29, 0.717) is 28.2 Å². The fourth-order valence-electron chi connectivity index (χ4n) is 3.00. The van der Waals surface area contributed by atoms with E-state index in [4.69, 9.17) is 14.2 Å². The van der Waals surface area contributed by atoms with Crippen molar-refractivity contribution in [3.05, 3.63) is 94.8 Å². The van der Waals surface area contributed by atoms with Crippen molar-refractivity contribution in [2.75, 3.05) is 0 Å². The van der Waals surface area contributed by atoms with Crippen LogP contribution >= 0.6 is 0 Å². The maximum atomic E-state index is 14.0. The second-order valence-corrected chi connectivity index (χ2v) is 6.20. The van der Waals surface area contributed by atoms with Gasteiger partial charge in [0.05, 0.1) is 6.61 Å². The molecule has 0 spiro atoms. The second-order valence-electron chi connectivity index (χ2n) is 6.20. The molecule has 4 nitrogen and oxygen atoms in total. The van der Waals surface area contributed by atoms with Crippen LogP contribution in [0.2, 0.25) is 0 Å². The van der Waals surface area contributed by atoms with Gasteiger partial charge >= 0.3 is 0 Å². The SMILES string of the molecule is O=Cc1cccc(OCc2cc(F)cc3c2O[C@H](c2ccccc2)OC3)c1. The average Bonchev–Trinajstić information content (AvgIpc) is 2.72. The number of aldehydes is 1. The summed E-state index contributed by atoms with van der Waals surface area (Å²) in [6, 6.07) is 19.2. The first-order valence-corrected chi connectivity index (χ1v) is 8.55. The van der Waals surface area contributed by atoms with Crippen LogP contribution in [0.4, 0.5) is 4.39 Å². The van der Waals surface area contributed by atoms with Gasteiger partial charge in [0.15, 0.2) is 0 Å². The Balaban J connectivity index is 1.58. The molecule has 0 fully saturated rings. The van der Waals surface area contributed by atoms with Crippen LogP contribution in [0.5, 0.6) is 11.5 Å². The van der Waals surface area contributed by atoms with Crippen LogP contribution in [0, 0.1) is 5.82 Å². The number of hydrogen-bond donors (Lipinski definition) is 0. The van der Waals surface area contributed by atoms with E-state index in [1.165, 1.54) is 12.1 Å². The zero-order chi connectivity index (χ0) is 18.6. The molecule has 27 heavy (non-hydrogen) atoms. The third kappa shape index (κ3) is 3.83. The largest absolute Gasteiger partial charge is 0.489 e. The van der Waals surface area contributed by atoms with Gasteiger partial charge in [0.1, 0.15) is 30.2 Å². The molecule has 0 N–H and O–H groups in total. The first-order valence-electron chi connectivity index (χ1n) is 8.55. The standard InChI is InChI=1S/C22H17FO4/c23-19-10-17(13-25-20-8-4-5-15(9-20)12-24)21-18(11-19)14-26-22(27-21)16-6-2-1-3-7-16/h1-12,22H,13-14H2/t22-/m1/s1. The van der Waals surface area contributed by atoms with E-state index in [2.05, 4.69) is 0 Å². The fraction of sp³-hybridized carbons (Fsp3) is 0.136. The molecule has 0 aromatic heterocycles. The van der Waals surface area contributed by atoms with Gasteiger partial charge in [-0.2, -0.15) is 0 Å². The molecule has 0 bridgehead atoms. The molecule has 136 valence electrons. The van der Waals surface area contributed by atoms with E-state index in [1.54, 1.807) is 24.3 Å². The Kier molecular flexibility index (Phi) is 4.85. The van der Waals surface area contributed by atoms with Crippen LogP contribution in [-0.2, 0) is 18.0 Å². The van der Waals surface area contributed by atoms with E-state index >= 15 is 0 Å². The summed E-state index contributed by atoms with van der Waals surface area (Å²) in [6.45, 7) is 0.365. The number of rotatable bonds is 5. The number of benzene rings is 3. The lowest BCUT2D eigenvalue weighted by molar-refractivity contribution is -0.112. The minimum Gasteiger partial charge on any atom is -0.489 e. The monoisotopic (exact) mass is 364 g/mol. The van der Waals surface area contributed by atoms with E-state index in [9.17, 15) is 9.18 Å². The lowest BCUT2D eigenvalue weighted by atomic mass is 10.1. The van der Waals surface area contributed by atoms with E-state index in [-0.39, 0.29) is 19.0 Å². The molecule has 0 amide bonds. The molecule has 0 saturated heterocycles. The highest BCUT2D eigenvalue weighted by Crippen LogP contribution is 2.37. The number of fused-ring (bicyclic) bond motifs is 1. The summed E-state index contributed by atoms with van der Waals surface area (Å²) in [6.07, 6.45) is 0.197. The zero-order valence-electron chi connectivity index (χ0n) is 14.4. The summed E-state index contributed by atoms with van der Waals surface area (Å²) >= 11 is 0. The Bertz CT molecular complexity index is 956. The lowest BCUT2D eigenvalue weighted by Gasteiger charge is -2.28. The predicted octanol–water partition coefficient (Wildman–Crippen LogP) is 4.83. The summed E-state index contributed by atoms with van der Waals surface area (Å²) in [5.74, 6) is 0.728. The highest BCUT2D eigenvalue weighted by molar-refractivity contribution is 5.75. The van der Waals surface area contributed by atoms with E-state index < -0.39 is 6.29 Å². The average molecular weight is 364 g/mol. The quantitative estimate of drug-likeness (QED) is 0.609. The Morgan fingerprint density at radius 2 is 1.93 bits per heavy atom. The minimum atomic E-state index is -0.554. The number of halogens is 1. The smallest absolute Gasteiger partial charge is 0.227 e. The van der Waals surface area contributed by atoms with Gasteiger partial charge in [-0.05, 0) is 24.3 Å². The molecular weight excluding hydrogens is 347 g/mol. The van der Waals surface area contributed by atoms with Gasteiger partial charge in [-0.15, -0.1) is 0 Å². The minimum absolute atomic E-state index is 0.115. The van der Waals surface area contributed by atoms with Crippen LogP contribution in [0.25, 0.3) is 0 Å². The molecule has 1 atom stereocenters. The molecule has 3 aromatic rings. The molecule has 3 aromatic carbocycles. The molecule has 5 heteroatoms. The van der Waals surface area contributed by atoms with Crippen molar-refractivity contribution in [2.24, 2.45) is 0 Å². The number of hydrogen-bond acceptors (Lipinski definition) is 4. The van der Waals surface area contributed by atoms with Gasteiger partial charge in [0, 0.05) is 22.3 Å². The first kappa shape index (κ1) is 17.2. The maximum absolute atomic E-state index is 14.0. The predicted molar refractivity (Wildman–Crippen MR) is 97.2 cm³/mol. The van der Waals surface area contributed by atoms with Gasteiger partial charge in [-0.25, -0.2) is 4.39 Å². The van der Waals surface area contributed by atoms with Crippen LogP contribution in [0.1, 0.15) is 33.3 Å². The molecule has 1 aliphatic heterocycles. The Labute approximate surface area is 156 Å². The number of ether oxygens (including phenoxy) is 3. The normalized spacial score (nSPS) is 15.5. The topological polar surface area (TPSA) is 44.8 Å². The molecule has 1 aliphatic rings. The second kappa shape index (κ2) is 7.60. The van der Waals surface area contributed by atoms with Gasteiger partial charge in [-0.3, -0.25) is 4.79 Å². The van der Waals surface area contributed by atoms with Crippen LogP contribution < -0.4 is 9.47 Å². The van der Waals surface area contributed by atoms with Gasteiger partial charge in [0.25, 0.3) is 0 Å². The van der Waals surface area contributed by atoms with Crippen molar-refractivity contribution < 1.29 is 23.4 Å². The molecule has 1 heterocycles. The van der Waals surface area contributed by atoms with Crippen molar-refractivity contribution in [3.63, 3.8) is 0 Å². The Hall–Kier alpha value is -3.18. The van der Waals surface area contributed by atoms with E-state index in [1.807, 2.05) is 30.3 Å². The third-order valence-electron chi connectivity index (χ3n) is 4.28. The number of carbonyl (C=O) groups excluding carboxylic acids is 1. The van der Waals surface area contributed by atoms with Crippen molar-refractivity contribution in [2.45, 2.75) is 19.5 Å². The summed E-state index contributed by atoms with van der Waals surface area (Å²) in [5, 5.41) is 0. The van der Waals surface area contributed by atoms with Gasteiger partial charge < -0.3 is 14.2 Å². The molecule has 0 saturated carbocycles. The molecular formula is C22H17FO4. The first-order chi connectivity index (χ1) is 13.2. The van der Waals surface area contributed by atoms with Crippen LogP contribution in [-0.4, -0.2) is 6.29 Å². The zero-order valence-corrected chi connectivity index (χ0v) is 14.4. The summed E-state index contributed by atoms with van der Waals surface area (Å²) in [5.41, 5.74) is 2.63. The van der Waals surface area contributed by atoms with Gasteiger partial charge in [0.2, 0.25) is 6.29 Å². The Morgan fingerprint density at radius 3 is 2.74 bits per heavy atom. The van der Waals surface area contributed by atoms with Gasteiger partial charge in [-0.1, -0.05) is 42.5 Å². The lowest BCUT2D eigenvalue weighted by Crippen LogP contribution is -2.19. The van der Waals surface area contributed by atoms with E-state index in [0.717, 1.165) is 11.8 Å². The third-order valence-corrected chi connectivity index (χ3v) is 4.28. The molecule has 0 radical (unpaired) electrons. The maximum Gasteiger partial charge on any atom is 0.227 e. The highest BCUT2D eigenvalue weighted by atomic mass is 19.1. The van der Waals surface area contributed by atoms with Crippen LogP contribution in [0.15, 0.2) is 66.7 Å². The fourth-order valence-corrected chi connectivity index (χ4v) is 3.00. The van der Waals surface area contributed by atoms with Crippen molar-refractivity contribution >= 4 is 6.29 Å². The Morgan fingerprint density at radius 1 is 1.07 bits per heavy atom. The summed E-state index contributed by atoms with van der Waals surface area (Å²) < 4.78 is 31.5. The number of carbonyl (C=O) groups is 1. The summed E-state index contributed by atoms with van der Waals surface area (Å²) in [4.78, 5) is 10.9. The van der Waals surface area contributed by atoms with Crippen molar-refractivity contribution in [1.82, 2.24) is 0 Å².